The van der Waals surface area contributed by atoms with Crippen molar-refractivity contribution < 1.29 is 14.3 Å². The van der Waals surface area contributed by atoms with Crippen LogP contribution in [0.3, 0.4) is 0 Å². The van der Waals surface area contributed by atoms with Gasteiger partial charge in [-0.3, -0.25) is 9.59 Å². The number of ether oxygens (including phenoxy) is 1. The van der Waals surface area contributed by atoms with E-state index in [0.29, 0.717) is 30.6 Å². The Morgan fingerprint density at radius 2 is 2.11 bits per heavy atom. The van der Waals surface area contributed by atoms with Crippen LogP contribution in [-0.2, 0) is 14.3 Å². The van der Waals surface area contributed by atoms with E-state index >= 15 is 0 Å². The van der Waals surface area contributed by atoms with Crippen LogP contribution in [0.1, 0.15) is 65.7 Å². The Morgan fingerprint density at radius 3 is 2.81 bits per heavy atom. The molecule has 3 nitrogen and oxygen atoms in total. The topological polar surface area (TPSA) is 43.4 Å². The van der Waals surface area contributed by atoms with E-state index in [4.69, 9.17) is 4.74 Å². The molecule has 3 heteroatoms. The zero-order valence-corrected chi connectivity index (χ0v) is 17.3. The van der Waals surface area contributed by atoms with Crippen molar-refractivity contribution in [1.82, 2.24) is 0 Å². The number of hydrogen-bond acceptors (Lipinski definition) is 3. The van der Waals surface area contributed by atoms with E-state index in [1.54, 1.807) is 0 Å². The molecule has 0 aliphatic heterocycles. The minimum absolute atomic E-state index is 0.0185. The van der Waals surface area contributed by atoms with Crippen LogP contribution in [0.15, 0.2) is 23.8 Å². The maximum Gasteiger partial charge on any atom is 0.305 e. The van der Waals surface area contributed by atoms with Gasteiger partial charge in [-0.1, -0.05) is 31.6 Å². The largest absolute Gasteiger partial charge is 0.469 e. The fourth-order valence-corrected chi connectivity index (χ4v) is 4.69. The number of carbonyl (C=O) groups excluding carboxylic acids is 2. The van der Waals surface area contributed by atoms with Crippen molar-refractivity contribution in [2.24, 2.45) is 29.6 Å². The third kappa shape index (κ3) is 6.09. The van der Waals surface area contributed by atoms with Crippen LogP contribution in [0.5, 0.6) is 0 Å². The average molecular weight is 371 g/mol. The van der Waals surface area contributed by atoms with E-state index in [1.165, 1.54) is 25.5 Å². The lowest BCUT2D eigenvalue weighted by Gasteiger charge is -2.18. The molecule has 0 bridgehead atoms. The molecule has 2 rings (SSSR count). The Bertz CT molecular complexity index is 646. The molecule has 2 aliphatic carbocycles. The van der Waals surface area contributed by atoms with Gasteiger partial charge in [0.05, 0.1) is 7.11 Å². The molecule has 0 aromatic carbocycles. The second-order valence-corrected chi connectivity index (χ2v) is 8.25. The quantitative estimate of drug-likeness (QED) is 0.196. The van der Waals surface area contributed by atoms with E-state index in [9.17, 15) is 9.59 Å². The highest BCUT2D eigenvalue weighted by Gasteiger charge is 2.43. The highest BCUT2D eigenvalue weighted by Crippen LogP contribution is 2.52. The summed E-state index contributed by atoms with van der Waals surface area (Å²) in [5.41, 5.74) is 1.54. The molecule has 2 fully saturated rings. The van der Waals surface area contributed by atoms with Gasteiger partial charge in [0.1, 0.15) is 0 Å². The molecule has 5 atom stereocenters. The summed E-state index contributed by atoms with van der Waals surface area (Å²) in [5, 5.41) is 0. The molecular weight excluding hydrogens is 336 g/mol. The van der Waals surface area contributed by atoms with Crippen LogP contribution < -0.4 is 0 Å². The number of hydrogen-bond donors (Lipinski definition) is 0. The lowest BCUT2D eigenvalue weighted by atomic mass is 9.87. The second kappa shape index (κ2) is 10.5. The smallest absolute Gasteiger partial charge is 0.305 e. The fourth-order valence-electron chi connectivity index (χ4n) is 4.69. The highest BCUT2D eigenvalue weighted by molar-refractivity contribution is 5.91. The number of methoxy groups -OCH3 is 1. The van der Waals surface area contributed by atoms with Crippen molar-refractivity contribution in [1.29, 1.82) is 0 Å². The molecule has 2 aliphatic rings. The number of esters is 1. The average Bonchev–Trinajstić information content (AvgIpc) is 3.17. The number of ketones is 1. The van der Waals surface area contributed by atoms with Gasteiger partial charge in [-0.05, 0) is 68.8 Å². The Hall–Kier alpha value is -1.82. The molecule has 148 valence electrons. The van der Waals surface area contributed by atoms with E-state index in [0.717, 1.165) is 25.2 Å². The molecule has 1 unspecified atom stereocenters. The van der Waals surface area contributed by atoms with Gasteiger partial charge in [-0.15, -0.1) is 11.8 Å². The molecule has 0 amide bonds. The predicted octanol–water partition coefficient (Wildman–Crippen LogP) is 5.11. The Morgan fingerprint density at radius 1 is 1.33 bits per heavy atom. The molecule has 0 spiro atoms. The normalized spacial score (nSPS) is 29.4. The van der Waals surface area contributed by atoms with Gasteiger partial charge in [0.15, 0.2) is 5.78 Å². The van der Waals surface area contributed by atoms with E-state index in [-0.39, 0.29) is 17.7 Å². The maximum atomic E-state index is 12.3. The van der Waals surface area contributed by atoms with Gasteiger partial charge < -0.3 is 4.74 Å². The van der Waals surface area contributed by atoms with Crippen LogP contribution in [0.4, 0.5) is 0 Å². The van der Waals surface area contributed by atoms with Gasteiger partial charge in [0.2, 0.25) is 0 Å². The van der Waals surface area contributed by atoms with Crippen molar-refractivity contribution in [3.63, 3.8) is 0 Å². The van der Waals surface area contributed by atoms with Crippen LogP contribution in [0.25, 0.3) is 0 Å². The summed E-state index contributed by atoms with van der Waals surface area (Å²) in [5.74, 6) is 8.49. The van der Waals surface area contributed by atoms with Gasteiger partial charge in [0, 0.05) is 18.8 Å². The molecular formula is C24H34O3. The first-order valence-electron chi connectivity index (χ1n) is 10.3. The van der Waals surface area contributed by atoms with Gasteiger partial charge in [0.25, 0.3) is 0 Å². The lowest BCUT2D eigenvalue weighted by molar-refractivity contribution is -0.140. The molecule has 0 aromatic heterocycles. The summed E-state index contributed by atoms with van der Waals surface area (Å²) in [6.45, 7) is 6.10. The zero-order chi connectivity index (χ0) is 19.8. The number of fused-ring (bicyclic) bond motifs is 1. The number of rotatable bonds is 8. The first kappa shape index (κ1) is 21.5. The summed E-state index contributed by atoms with van der Waals surface area (Å²) in [6.07, 6.45) is 12.9. The van der Waals surface area contributed by atoms with Crippen LogP contribution in [0, 0.1) is 41.4 Å². The van der Waals surface area contributed by atoms with Crippen molar-refractivity contribution in [2.45, 2.75) is 65.7 Å². The van der Waals surface area contributed by atoms with Crippen molar-refractivity contribution in [2.75, 3.05) is 7.11 Å². The van der Waals surface area contributed by atoms with Gasteiger partial charge in [-0.2, -0.15) is 0 Å². The number of allylic oxidation sites excluding steroid dienone is 4. The monoisotopic (exact) mass is 370 g/mol. The first-order chi connectivity index (χ1) is 13.0. The summed E-state index contributed by atoms with van der Waals surface area (Å²) in [6, 6.07) is 0. The van der Waals surface area contributed by atoms with Crippen molar-refractivity contribution >= 4 is 11.8 Å². The van der Waals surface area contributed by atoms with Crippen LogP contribution in [-0.4, -0.2) is 18.9 Å². The van der Waals surface area contributed by atoms with E-state index in [1.807, 2.05) is 19.9 Å². The summed E-state index contributed by atoms with van der Waals surface area (Å²) >= 11 is 0. The van der Waals surface area contributed by atoms with Crippen molar-refractivity contribution in [3.8, 4) is 11.8 Å². The maximum absolute atomic E-state index is 12.3. The molecule has 27 heavy (non-hydrogen) atoms. The fraction of sp³-hybridized carbons (Fsp3) is 0.667. The first-order valence-corrected chi connectivity index (χ1v) is 10.3. The lowest BCUT2D eigenvalue weighted by Crippen LogP contribution is -2.13. The summed E-state index contributed by atoms with van der Waals surface area (Å²) in [7, 11) is 1.44. The third-order valence-corrected chi connectivity index (χ3v) is 6.25. The van der Waals surface area contributed by atoms with E-state index < -0.39 is 0 Å². The van der Waals surface area contributed by atoms with Crippen molar-refractivity contribution in [3.05, 3.63) is 23.8 Å². The number of carbonyl (C=O) groups is 2. The Kier molecular flexibility index (Phi) is 8.35. The summed E-state index contributed by atoms with van der Waals surface area (Å²) in [4.78, 5) is 23.5. The Labute approximate surface area is 164 Å². The second-order valence-electron chi connectivity index (χ2n) is 8.25. The Balaban J connectivity index is 1.88. The van der Waals surface area contributed by atoms with E-state index in [2.05, 4.69) is 30.9 Å². The third-order valence-electron chi connectivity index (χ3n) is 6.25. The predicted molar refractivity (Wildman–Crippen MR) is 109 cm³/mol. The molecule has 0 saturated heterocycles. The molecule has 2 saturated carbocycles. The summed E-state index contributed by atoms with van der Waals surface area (Å²) < 4.78 is 4.69. The van der Waals surface area contributed by atoms with Gasteiger partial charge in [-0.25, -0.2) is 0 Å². The van der Waals surface area contributed by atoms with Crippen LogP contribution in [0.2, 0.25) is 0 Å². The minimum atomic E-state index is -0.125. The molecule has 0 heterocycles. The zero-order valence-electron chi connectivity index (χ0n) is 17.3. The molecule has 0 aromatic rings. The standard InChI is InChI=1S/C24H34O3/c1-5-6-9-17(2)23(25)13-12-21-18(3)14-20-15-19(16-22(20)21)10-7-8-11-24(26)27-4/h10,12-13,17-18,20-22H,7-9,11,14-16H2,1-4H3/b13-12+,19-10+/t17?,18-,20-,21+,22+/m1/s1. The number of unbranched alkanes of at least 4 members (excludes halogenated alkanes) is 1. The highest BCUT2D eigenvalue weighted by atomic mass is 16.5. The molecule has 0 radical (unpaired) electrons. The molecule has 0 N–H and O–H groups in total. The minimum Gasteiger partial charge on any atom is -0.469 e. The van der Waals surface area contributed by atoms with Crippen LogP contribution >= 0.6 is 0 Å². The van der Waals surface area contributed by atoms with Gasteiger partial charge >= 0.3 is 5.97 Å². The SMILES string of the molecule is CC#CCC(C)C(=O)/C=C/[C@@H]1[C@H]2C/C(=C/CCCC(=O)OC)C[C@H]2C[C@H]1C.